The Labute approximate surface area is 90.0 Å². The van der Waals surface area contributed by atoms with E-state index in [-0.39, 0.29) is 0 Å². The quantitative estimate of drug-likeness (QED) is 0.756. The second-order valence-electron chi connectivity index (χ2n) is 3.39. The van der Waals surface area contributed by atoms with E-state index in [2.05, 4.69) is 41.2 Å². The first-order valence-electron chi connectivity index (χ1n) is 5.05. The average Bonchev–Trinajstić information content (AvgIpc) is 2.32. The Balaban J connectivity index is 2.24. The number of aryl methyl sites for hydroxylation is 1. The molecule has 0 aliphatic carbocycles. The average molecular weight is 197 g/mol. The van der Waals surface area contributed by atoms with E-state index in [0.717, 1.165) is 24.1 Å². The zero-order valence-corrected chi connectivity index (χ0v) is 8.56. The third kappa shape index (κ3) is 2.40. The van der Waals surface area contributed by atoms with Crippen LogP contribution in [0.2, 0.25) is 0 Å². The summed E-state index contributed by atoms with van der Waals surface area (Å²) in [6, 6.07) is 8.40. The highest BCUT2D eigenvalue weighted by molar-refractivity contribution is 5.58. The molecule has 0 fully saturated rings. The first-order valence-corrected chi connectivity index (χ1v) is 5.05. The predicted octanol–water partition coefficient (Wildman–Crippen LogP) is 2.91. The Morgan fingerprint density at radius 3 is 2.47 bits per heavy atom. The van der Waals surface area contributed by atoms with Gasteiger partial charge in [-0.15, -0.1) is 0 Å². The van der Waals surface area contributed by atoms with E-state index in [1.807, 2.05) is 0 Å². The van der Waals surface area contributed by atoms with Crippen molar-refractivity contribution in [3.8, 4) is 11.3 Å². The Bertz CT molecular complexity index is 406. The summed E-state index contributed by atoms with van der Waals surface area (Å²) in [4.78, 5) is 8.30. The molecule has 0 saturated carbocycles. The fraction of sp³-hybridized carbons (Fsp3) is 0.154. The van der Waals surface area contributed by atoms with Gasteiger partial charge in [0.25, 0.3) is 0 Å². The molecule has 0 bridgehead atoms. The first kappa shape index (κ1) is 9.84. The summed E-state index contributed by atoms with van der Waals surface area (Å²) in [7, 11) is 0. The van der Waals surface area contributed by atoms with Crippen molar-refractivity contribution in [3.05, 3.63) is 55.3 Å². The summed E-state index contributed by atoms with van der Waals surface area (Å²) >= 11 is 0. The number of benzene rings is 1. The van der Waals surface area contributed by atoms with Crippen molar-refractivity contribution in [3.63, 3.8) is 0 Å². The monoisotopic (exact) mass is 197 g/mol. The summed E-state index contributed by atoms with van der Waals surface area (Å²) in [6.45, 7) is 3.84. The lowest BCUT2D eigenvalue weighted by Gasteiger charge is -2.01. The van der Waals surface area contributed by atoms with Crippen LogP contribution in [0.5, 0.6) is 0 Å². The Morgan fingerprint density at radius 1 is 1.07 bits per heavy atom. The lowest BCUT2D eigenvalue weighted by molar-refractivity contribution is 0.999. The molecule has 2 heteroatoms. The van der Waals surface area contributed by atoms with Crippen molar-refractivity contribution >= 4 is 0 Å². The summed E-state index contributed by atoms with van der Waals surface area (Å²) in [5.74, 6) is 0. The first-order chi connectivity index (χ1) is 7.40. The van der Waals surface area contributed by atoms with Crippen molar-refractivity contribution in [2.24, 2.45) is 0 Å². The van der Waals surface area contributed by atoms with Gasteiger partial charge >= 0.3 is 0 Å². The molecule has 0 saturated heterocycles. The van der Waals surface area contributed by atoms with E-state index in [1.54, 1.807) is 18.6 Å². The van der Waals surface area contributed by atoms with Crippen LogP contribution < -0.4 is 0 Å². The van der Waals surface area contributed by atoms with Crippen LogP contribution in [0.4, 0.5) is 0 Å². The maximum absolute atomic E-state index is 4.25. The summed E-state index contributed by atoms with van der Waals surface area (Å²) in [5, 5.41) is 0. The number of nitrogens with zero attached hydrogens (tertiary/aromatic N) is 2. The second-order valence-corrected chi connectivity index (χ2v) is 3.39. The number of rotatable bonds is 3. The minimum atomic E-state index is 0.915. The zero-order chi connectivity index (χ0) is 10.5. The Kier molecular flexibility index (Phi) is 3.08. The van der Waals surface area contributed by atoms with Gasteiger partial charge in [0.1, 0.15) is 0 Å². The van der Waals surface area contributed by atoms with Crippen LogP contribution in [0.1, 0.15) is 12.0 Å². The van der Waals surface area contributed by atoms with Gasteiger partial charge in [-0.05, 0) is 18.4 Å². The van der Waals surface area contributed by atoms with Crippen molar-refractivity contribution in [1.82, 2.24) is 9.97 Å². The molecule has 2 rings (SSSR count). The predicted molar refractivity (Wildman–Crippen MR) is 61.1 cm³/mol. The highest BCUT2D eigenvalue weighted by Crippen LogP contribution is 2.16. The molecule has 0 atom stereocenters. The van der Waals surface area contributed by atoms with Gasteiger partial charge in [-0.1, -0.05) is 31.2 Å². The van der Waals surface area contributed by atoms with Gasteiger partial charge in [0.05, 0.1) is 11.9 Å². The molecule has 0 aliphatic rings. The van der Waals surface area contributed by atoms with Crippen molar-refractivity contribution in [2.75, 3.05) is 0 Å². The van der Waals surface area contributed by atoms with E-state index in [4.69, 9.17) is 0 Å². The Morgan fingerprint density at radius 2 is 1.87 bits per heavy atom. The van der Waals surface area contributed by atoms with Crippen molar-refractivity contribution < 1.29 is 0 Å². The third-order valence-electron chi connectivity index (χ3n) is 2.28. The highest BCUT2D eigenvalue weighted by Gasteiger charge is 1.98. The van der Waals surface area contributed by atoms with Crippen molar-refractivity contribution in [1.29, 1.82) is 0 Å². The molecule has 2 nitrogen and oxygen atoms in total. The van der Waals surface area contributed by atoms with Crippen LogP contribution in [0.15, 0.2) is 42.9 Å². The lowest BCUT2D eigenvalue weighted by Crippen LogP contribution is -1.86. The maximum Gasteiger partial charge on any atom is 0.0885 e. The van der Waals surface area contributed by atoms with Crippen LogP contribution in [0, 0.1) is 6.92 Å². The van der Waals surface area contributed by atoms with Gasteiger partial charge in [0.2, 0.25) is 0 Å². The molecule has 1 radical (unpaired) electrons. The molecule has 0 N–H and O–H groups in total. The van der Waals surface area contributed by atoms with Crippen LogP contribution in [-0.2, 0) is 6.42 Å². The SMILES string of the molecule is [CH2]CCc1ccc(-c2cnccn2)cc1. The van der Waals surface area contributed by atoms with Crippen LogP contribution in [0.25, 0.3) is 11.3 Å². The van der Waals surface area contributed by atoms with E-state index >= 15 is 0 Å². The molecule has 1 aromatic heterocycles. The maximum atomic E-state index is 4.25. The fourth-order valence-corrected chi connectivity index (χ4v) is 1.49. The lowest BCUT2D eigenvalue weighted by atomic mass is 10.1. The minimum Gasteiger partial charge on any atom is -0.261 e. The van der Waals surface area contributed by atoms with Gasteiger partial charge in [0.15, 0.2) is 0 Å². The number of hydrogen-bond donors (Lipinski definition) is 0. The topological polar surface area (TPSA) is 25.8 Å². The molecule has 0 amide bonds. The largest absolute Gasteiger partial charge is 0.261 e. The van der Waals surface area contributed by atoms with E-state index in [9.17, 15) is 0 Å². The summed E-state index contributed by atoms with van der Waals surface area (Å²) in [5.41, 5.74) is 3.34. The fourth-order valence-electron chi connectivity index (χ4n) is 1.49. The van der Waals surface area contributed by atoms with Gasteiger partial charge in [-0.2, -0.15) is 0 Å². The van der Waals surface area contributed by atoms with Crippen molar-refractivity contribution in [2.45, 2.75) is 12.8 Å². The van der Waals surface area contributed by atoms with Crippen LogP contribution in [0.3, 0.4) is 0 Å². The minimum absolute atomic E-state index is 0.915. The number of hydrogen-bond acceptors (Lipinski definition) is 2. The standard InChI is InChI=1S/C13H13N2/c1-2-3-11-4-6-12(7-5-11)13-10-14-8-9-15-13/h4-10H,1-3H2. The molecular weight excluding hydrogens is 184 g/mol. The zero-order valence-electron chi connectivity index (χ0n) is 8.56. The van der Waals surface area contributed by atoms with Gasteiger partial charge in [0, 0.05) is 18.0 Å². The van der Waals surface area contributed by atoms with Gasteiger partial charge < -0.3 is 0 Å². The van der Waals surface area contributed by atoms with E-state index in [1.165, 1.54) is 5.56 Å². The smallest absolute Gasteiger partial charge is 0.0885 e. The molecule has 2 aromatic rings. The van der Waals surface area contributed by atoms with Crippen LogP contribution >= 0.6 is 0 Å². The highest BCUT2D eigenvalue weighted by atomic mass is 14.8. The second kappa shape index (κ2) is 4.69. The Hall–Kier alpha value is -1.70. The van der Waals surface area contributed by atoms with Crippen LogP contribution in [-0.4, -0.2) is 9.97 Å². The van der Waals surface area contributed by atoms with Gasteiger partial charge in [-0.3, -0.25) is 9.97 Å². The van der Waals surface area contributed by atoms with Gasteiger partial charge in [-0.25, -0.2) is 0 Å². The number of aromatic nitrogens is 2. The molecule has 0 aliphatic heterocycles. The molecule has 1 aromatic carbocycles. The van der Waals surface area contributed by atoms with E-state index < -0.39 is 0 Å². The third-order valence-corrected chi connectivity index (χ3v) is 2.28. The molecule has 0 spiro atoms. The molecule has 1 heterocycles. The summed E-state index contributed by atoms with van der Waals surface area (Å²) < 4.78 is 0. The van der Waals surface area contributed by atoms with E-state index in [0.29, 0.717) is 0 Å². The summed E-state index contributed by atoms with van der Waals surface area (Å²) in [6.07, 6.45) is 7.13. The molecule has 75 valence electrons. The molecule has 0 unspecified atom stereocenters. The molecular formula is C13H13N2. The normalized spacial score (nSPS) is 10.2. The molecule has 15 heavy (non-hydrogen) atoms.